The lowest BCUT2D eigenvalue weighted by Gasteiger charge is -2.13. The Bertz CT molecular complexity index is 401. The zero-order chi connectivity index (χ0) is 13.5. The van der Waals surface area contributed by atoms with Crippen molar-refractivity contribution in [3.05, 3.63) is 58.2 Å². The maximum atomic E-state index is 11.0. The molecule has 1 rings (SSSR count). The SMILES string of the molecule is CC(C)/C=C/[C@@H](O)[C@H](Cc1ccccc1)[N+](=O)[O-]. The van der Waals surface area contributed by atoms with Gasteiger partial charge >= 0.3 is 0 Å². The second-order valence-corrected chi connectivity index (χ2v) is 4.66. The second kappa shape index (κ2) is 6.91. The van der Waals surface area contributed by atoms with E-state index in [1.54, 1.807) is 6.08 Å². The van der Waals surface area contributed by atoms with E-state index in [4.69, 9.17) is 0 Å². The van der Waals surface area contributed by atoms with Gasteiger partial charge in [0.15, 0.2) is 0 Å². The second-order valence-electron chi connectivity index (χ2n) is 4.66. The van der Waals surface area contributed by atoms with Crippen LogP contribution in [0.1, 0.15) is 19.4 Å². The highest BCUT2D eigenvalue weighted by Gasteiger charge is 2.28. The van der Waals surface area contributed by atoms with Crippen molar-refractivity contribution in [1.82, 2.24) is 0 Å². The molecule has 0 aromatic heterocycles. The van der Waals surface area contributed by atoms with E-state index in [1.807, 2.05) is 44.2 Å². The van der Waals surface area contributed by atoms with Crippen molar-refractivity contribution in [3.8, 4) is 0 Å². The Balaban J connectivity index is 2.74. The molecule has 4 heteroatoms. The van der Waals surface area contributed by atoms with Crippen LogP contribution in [0, 0.1) is 16.0 Å². The number of rotatable bonds is 6. The van der Waals surface area contributed by atoms with Crippen molar-refractivity contribution in [2.75, 3.05) is 0 Å². The highest BCUT2D eigenvalue weighted by atomic mass is 16.6. The Hall–Kier alpha value is -1.68. The van der Waals surface area contributed by atoms with E-state index in [0.717, 1.165) is 5.56 Å². The monoisotopic (exact) mass is 249 g/mol. The lowest BCUT2D eigenvalue weighted by Crippen LogP contribution is -2.34. The summed E-state index contributed by atoms with van der Waals surface area (Å²) in [6.07, 6.45) is 2.48. The first-order valence-corrected chi connectivity index (χ1v) is 6.04. The van der Waals surface area contributed by atoms with Crippen molar-refractivity contribution < 1.29 is 10.0 Å². The predicted octanol–water partition coefficient (Wildman–Crippen LogP) is 2.45. The first-order chi connectivity index (χ1) is 8.50. The molecule has 0 saturated carbocycles. The fourth-order valence-corrected chi connectivity index (χ4v) is 1.64. The fourth-order valence-electron chi connectivity index (χ4n) is 1.64. The summed E-state index contributed by atoms with van der Waals surface area (Å²) >= 11 is 0. The van der Waals surface area contributed by atoms with Crippen molar-refractivity contribution >= 4 is 0 Å². The molecule has 4 nitrogen and oxygen atoms in total. The molecular weight excluding hydrogens is 230 g/mol. The van der Waals surface area contributed by atoms with Crippen molar-refractivity contribution in [2.45, 2.75) is 32.4 Å². The standard InChI is InChI=1S/C14H19NO3/c1-11(2)8-9-14(16)13(15(17)18)10-12-6-4-3-5-7-12/h3-9,11,13-14,16H,10H2,1-2H3/b9-8+/t13-,14+/m0/s1. The maximum Gasteiger partial charge on any atom is 0.246 e. The van der Waals surface area contributed by atoms with E-state index >= 15 is 0 Å². The molecule has 0 heterocycles. The van der Waals surface area contributed by atoms with Gasteiger partial charge in [0.25, 0.3) is 0 Å². The fraction of sp³-hybridized carbons (Fsp3) is 0.429. The van der Waals surface area contributed by atoms with Crippen LogP contribution in [0.15, 0.2) is 42.5 Å². The number of hydrogen-bond acceptors (Lipinski definition) is 3. The molecule has 0 aliphatic rings. The zero-order valence-corrected chi connectivity index (χ0v) is 10.7. The number of nitro groups is 1. The van der Waals surface area contributed by atoms with Crippen LogP contribution in [0.25, 0.3) is 0 Å². The number of hydrogen-bond donors (Lipinski definition) is 1. The van der Waals surface area contributed by atoms with E-state index < -0.39 is 17.1 Å². The number of benzene rings is 1. The van der Waals surface area contributed by atoms with E-state index in [-0.39, 0.29) is 12.3 Å². The summed E-state index contributed by atoms with van der Waals surface area (Å²) in [7, 11) is 0. The minimum atomic E-state index is -1.05. The van der Waals surface area contributed by atoms with Crippen LogP contribution in [0.5, 0.6) is 0 Å². The molecule has 0 amide bonds. The highest BCUT2D eigenvalue weighted by Crippen LogP contribution is 2.10. The third-order valence-electron chi connectivity index (χ3n) is 2.65. The molecule has 0 fully saturated rings. The molecule has 1 aromatic carbocycles. The molecule has 0 radical (unpaired) electrons. The lowest BCUT2D eigenvalue weighted by atomic mass is 10.0. The van der Waals surface area contributed by atoms with Crippen LogP contribution in [0.3, 0.4) is 0 Å². The Morgan fingerprint density at radius 2 is 1.89 bits per heavy atom. The van der Waals surface area contributed by atoms with Gasteiger partial charge in [0.05, 0.1) is 0 Å². The molecule has 0 aliphatic heterocycles. The predicted molar refractivity (Wildman–Crippen MR) is 70.9 cm³/mol. The normalized spacial score (nSPS) is 14.9. The van der Waals surface area contributed by atoms with Gasteiger partial charge in [-0.1, -0.05) is 56.3 Å². The minimum absolute atomic E-state index is 0.234. The number of nitrogens with zero attached hydrogens (tertiary/aromatic N) is 1. The molecule has 0 bridgehead atoms. The summed E-state index contributed by atoms with van der Waals surface area (Å²) in [4.78, 5) is 10.6. The smallest absolute Gasteiger partial charge is 0.246 e. The van der Waals surface area contributed by atoms with Gasteiger partial charge in [0.1, 0.15) is 6.10 Å². The van der Waals surface area contributed by atoms with Crippen molar-refractivity contribution in [1.29, 1.82) is 0 Å². The molecular formula is C14H19NO3. The molecule has 18 heavy (non-hydrogen) atoms. The molecule has 1 aromatic rings. The number of aliphatic hydroxyl groups is 1. The summed E-state index contributed by atoms with van der Waals surface area (Å²) in [5, 5.41) is 20.9. The highest BCUT2D eigenvalue weighted by molar-refractivity contribution is 5.16. The first-order valence-electron chi connectivity index (χ1n) is 6.04. The molecule has 0 aliphatic carbocycles. The molecule has 98 valence electrons. The van der Waals surface area contributed by atoms with Crippen molar-refractivity contribution in [3.63, 3.8) is 0 Å². The molecule has 0 spiro atoms. The maximum absolute atomic E-state index is 11.0. The third kappa shape index (κ3) is 4.67. The topological polar surface area (TPSA) is 63.4 Å². The van der Waals surface area contributed by atoms with Crippen molar-refractivity contribution in [2.24, 2.45) is 5.92 Å². The van der Waals surface area contributed by atoms with Gasteiger partial charge in [0, 0.05) is 11.3 Å². The van der Waals surface area contributed by atoms with Crippen LogP contribution in [0.4, 0.5) is 0 Å². The van der Waals surface area contributed by atoms with Gasteiger partial charge in [-0.25, -0.2) is 0 Å². The van der Waals surface area contributed by atoms with Gasteiger partial charge in [-0.15, -0.1) is 0 Å². The van der Waals surface area contributed by atoms with Crippen LogP contribution in [-0.4, -0.2) is 22.2 Å². The summed E-state index contributed by atoms with van der Waals surface area (Å²) < 4.78 is 0. The number of aliphatic hydroxyl groups excluding tert-OH is 1. The number of allylic oxidation sites excluding steroid dienone is 1. The van der Waals surface area contributed by atoms with E-state index in [9.17, 15) is 15.2 Å². The Kier molecular flexibility index (Phi) is 5.52. The summed E-state index contributed by atoms with van der Waals surface area (Å²) in [6.45, 7) is 3.92. The summed E-state index contributed by atoms with van der Waals surface area (Å²) in [6, 6.07) is 8.19. The average Bonchev–Trinajstić information content (AvgIpc) is 2.34. The van der Waals surface area contributed by atoms with E-state index in [1.165, 1.54) is 6.08 Å². The van der Waals surface area contributed by atoms with E-state index in [0.29, 0.717) is 0 Å². The van der Waals surface area contributed by atoms with Gasteiger partial charge in [-0.05, 0) is 11.5 Å². The molecule has 2 atom stereocenters. The quantitative estimate of drug-likeness (QED) is 0.478. The Labute approximate surface area is 107 Å². The lowest BCUT2D eigenvalue weighted by molar-refractivity contribution is -0.531. The Morgan fingerprint density at radius 1 is 1.28 bits per heavy atom. The molecule has 0 unspecified atom stereocenters. The summed E-state index contributed by atoms with van der Waals surface area (Å²) in [5.74, 6) is 0.267. The largest absolute Gasteiger partial charge is 0.382 e. The van der Waals surface area contributed by atoms with Crippen LogP contribution < -0.4 is 0 Å². The van der Waals surface area contributed by atoms with Crippen LogP contribution in [-0.2, 0) is 6.42 Å². The Morgan fingerprint density at radius 3 is 2.39 bits per heavy atom. The first kappa shape index (κ1) is 14.4. The van der Waals surface area contributed by atoms with Gasteiger partial charge in [-0.2, -0.15) is 0 Å². The third-order valence-corrected chi connectivity index (χ3v) is 2.65. The minimum Gasteiger partial charge on any atom is -0.382 e. The van der Waals surface area contributed by atoms with Crippen LogP contribution >= 0.6 is 0 Å². The van der Waals surface area contributed by atoms with Gasteiger partial charge in [-0.3, -0.25) is 10.1 Å². The molecule has 0 saturated heterocycles. The summed E-state index contributed by atoms with van der Waals surface area (Å²) in [5.41, 5.74) is 0.858. The van der Waals surface area contributed by atoms with Gasteiger partial charge in [0.2, 0.25) is 6.04 Å². The van der Waals surface area contributed by atoms with Gasteiger partial charge < -0.3 is 5.11 Å². The zero-order valence-electron chi connectivity index (χ0n) is 10.7. The molecule has 1 N–H and O–H groups in total. The average molecular weight is 249 g/mol. The van der Waals surface area contributed by atoms with Crippen LogP contribution in [0.2, 0.25) is 0 Å². The van der Waals surface area contributed by atoms with E-state index in [2.05, 4.69) is 0 Å².